The summed E-state index contributed by atoms with van der Waals surface area (Å²) in [5.41, 5.74) is 1.88. The van der Waals surface area contributed by atoms with E-state index >= 15 is 0 Å². The molecular weight excluding hydrogens is 320 g/mol. The molecule has 1 fully saturated rings. The van der Waals surface area contributed by atoms with Crippen LogP contribution in [0.1, 0.15) is 53.2 Å². The van der Waals surface area contributed by atoms with E-state index in [0.29, 0.717) is 18.2 Å². The van der Waals surface area contributed by atoms with E-state index in [9.17, 15) is 4.79 Å². The van der Waals surface area contributed by atoms with E-state index in [1.807, 2.05) is 16.3 Å². The minimum Gasteiger partial charge on any atom is -0.378 e. The highest BCUT2D eigenvalue weighted by Gasteiger charge is 2.35. The van der Waals surface area contributed by atoms with Gasteiger partial charge in [0.05, 0.1) is 6.61 Å². The number of rotatable bonds is 6. The zero-order chi connectivity index (χ0) is 16.9. The third-order valence-electron chi connectivity index (χ3n) is 4.73. The molecule has 2 heterocycles. The summed E-state index contributed by atoms with van der Waals surface area (Å²) in [4.78, 5) is 19.4. The fourth-order valence-electron chi connectivity index (χ4n) is 3.64. The topological polar surface area (TPSA) is 42.4 Å². The van der Waals surface area contributed by atoms with Gasteiger partial charge in [-0.15, -0.1) is 11.3 Å². The van der Waals surface area contributed by atoms with E-state index < -0.39 is 0 Å². The lowest BCUT2D eigenvalue weighted by Crippen LogP contribution is -2.39. The molecule has 0 radical (unpaired) electrons. The molecule has 24 heavy (non-hydrogen) atoms. The molecule has 0 unspecified atom stereocenters. The van der Waals surface area contributed by atoms with Gasteiger partial charge in [-0.3, -0.25) is 4.79 Å². The summed E-state index contributed by atoms with van der Waals surface area (Å²) < 4.78 is 5.10. The number of hydrogen-bond acceptors (Lipinski definition) is 4. The average molecular weight is 344 g/mol. The van der Waals surface area contributed by atoms with Gasteiger partial charge in [0.2, 0.25) is 0 Å². The van der Waals surface area contributed by atoms with Crippen molar-refractivity contribution in [2.45, 2.75) is 44.8 Å². The number of hydrogen-bond donors (Lipinski definition) is 0. The first-order valence-electron chi connectivity index (χ1n) is 8.53. The zero-order valence-electron chi connectivity index (χ0n) is 14.3. The molecule has 5 heteroatoms. The van der Waals surface area contributed by atoms with Crippen LogP contribution < -0.4 is 0 Å². The smallest absolute Gasteiger partial charge is 0.273 e. The van der Waals surface area contributed by atoms with Crippen molar-refractivity contribution in [1.82, 2.24) is 9.88 Å². The number of thiazole rings is 1. The van der Waals surface area contributed by atoms with Crippen molar-refractivity contribution in [3.8, 4) is 0 Å². The fourth-order valence-corrected chi connectivity index (χ4v) is 4.38. The van der Waals surface area contributed by atoms with Crippen LogP contribution in [0.3, 0.4) is 0 Å². The van der Waals surface area contributed by atoms with Gasteiger partial charge in [0, 0.05) is 31.0 Å². The van der Waals surface area contributed by atoms with Crippen LogP contribution in [-0.2, 0) is 11.3 Å². The number of methoxy groups -OCH3 is 1. The second-order valence-electron chi connectivity index (χ2n) is 6.19. The maximum absolute atomic E-state index is 13.0. The van der Waals surface area contributed by atoms with Crippen molar-refractivity contribution in [2.24, 2.45) is 0 Å². The molecule has 0 saturated carbocycles. The number of ether oxygens (including phenoxy) is 1. The van der Waals surface area contributed by atoms with Crippen molar-refractivity contribution in [1.29, 1.82) is 0 Å². The lowest BCUT2D eigenvalue weighted by atomic mass is 9.87. The van der Waals surface area contributed by atoms with Crippen LogP contribution in [0.5, 0.6) is 0 Å². The summed E-state index contributed by atoms with van der Waals surface area (Å²) in [5, 5.41) is 2.71. The maximum Gasteiger partial charge on any atom is 0.273 e. The molecule has 1 saturated heterocycles. The van der Waals surface area contributed by atoms with Crippen molar-refractivity contribution in [3.05, 3.63) is 52.0 Å². The van der Waals surface area contributed by atoms with Gasteiger partial charge in [-0.1, -0.05) is 37.3 Å². The summed E-state index contributed by atoms with van der Waals surface area (Å²) in [6.07, 6.45) is 3.16. The Balaban J connectivity index is 1.80. The van der Waals surface area contributed by atoms with Crippen LogP contribution in [-0.4, -0.2) is 35.5 Å². The quantitative estimate of drug-likeness (QED) is 0.793. The van der Waals surface area contributed by atoms with E-state index in [1.54, 1.807) is 7.11 Å². The lowest BCUT2D eigenvalue weighted by Gasteiger charge is -2.31. The summed E-state index contributed by atoms with van der Waals surface area (Å²) in [5.74, 6) is 0.445. The van der Waals surface area contributed by atoms with Crippen LogP contribution in [0.15, 0.2) is 35.7 Å². The van der Waals surface area contributed by atoms with Gasteiger partial charge in [-0.25, -0.2) is 4.98 Å². The van der Waals surface area contributed by atoms with E-state index in [1.165, 1.54) is 16.9 Å². The summed E-state index contributed by atoms with van der Waals surface area (Å²) in [6, 6.07) is 10.8. The molecule has 0 N–H and O–H groups in total. The van der Waals surface area contributed by atoms with Gasteiger partial charge in [0.25, 0.3) is 5.91 Å². The van der Waals surface area contributed by atoms with E-state index in [4.69, 9.17) is 4.74 Å². The fraction of sp³-hybridized carbons (Fsp3) is 0.474. The Labute approximate surface area is 147 Å². The van der Waals surface area contributed by atoms with Gasteiger partial charge in [0.1, 0.15) is 10.7 Å². The highest BCUT2D eigenvalue weighted by molar-refractivity contribution is 7.09. The minimum absolute atomic E-state index is 0.0606. The second-order valence-corrected chi connectivity index (χ2v) is 7.14. The highest BCUT2D eigenvalue weighted by Crippen LogP contribution is 2.34. The molecule has 0 spiro atoms. The molecule has 4 nitrogen and oxygen atoms in total. The second kappa shape index (κ2) is 7.90. The van der Waals surface area contributed by atoms with Gasteiger partial charge < -0.3 is 9.64 Å². The highest BCUT2D eigenvalue weighted by atomic mass is 32.1. The molecule has 1 aromatic carbocycles. The number of nitrogens with zero attached hydrogens (tertiary/aromatic N) is 2. The number of carbonyl (C=O) groups is 1. The first-order chi connectivity index (χ1) is 11.7. The van der Waals surface area contributed by atoms with Crippen LogP contribution >= 0.6 is 11.3 Å². The number of benzene rings is 1. The molecule has 3 rings (SSSR count). The van der Waals surface area contributed by atoms with E-state index in [2.05, 4.69) is 36.2 Å². The van der Waals surface area contributed by atoms with E-state index in [0.717, 1.165) is 30.8 Å². The number of likely N-dealkylation sites (tertiary alicyclic amines) is 1. The maximum atomic E-state index is 13.0. The van der Waals surface area contributed by atoms with Crippen LogP contribution in [0.2, 0.25) is 0 Å². The average Bonchev–Trinajstić information content (AvgIpc) is 3.26. The SMILES string of the molecule is CC[C@H](c1ccccc1)[C@@H]1CCCN1C(=O)c1csc(COC)n1. The Morgan fingerprint density at radius 2 is 2.21 bits per heavy atom. The molecule has 0 aliphatic carbocycles. The summed E-state index contributed by atoms with van der Waals surface area (Å²) in [6.45, 7) is 3.49. The van der Waals surface area contributed by atoms with Crippen LogP contribution in [0.4, 0.5) is 0 Å². The molecule has 2 atom stereocenters. The lowest BCUT2D eigenvalue weighted by molar-refractivity contribution is 0.0708. The monoisotopic (exact) mass is 344 g/mol. The Morgan fingerprint density at radius 3 is 2.92 bits per heavy atom. The van der Waals surface area contributed by atoms with Crippen molar-refractivity contribution in [3.63, 3.8) is 0 Å². The molecule has 128 valence electrons. The number of amides is 1. The first kappa shape index (κ1) is 17.1. The summed E-state index contributed by atoms with van der Waals surface area (Å²) in [7, 11) is 1.64. The Kier molecular flexibility index (Phi) is 5.63. The number of carbonyl (C=O) groups excluding carboxylic acids is 1. The molecule has 1 aliphatic rings. The molecule has 0 bridgehead atoms. The first-order valence-corrected chi connectivity index (χ1v) is 9.41. The van der Waals surface area contributed by atoms with Gasteiger partial charge in [0.15, 0.2) is 0 Å². The van der Waals surface area contributed by atoms with Crippen LogP contribution in [0, 0.1) is 0 Å². The summed E-state index contributed by atoms with van der Waals surface area (Å²) >= 11 is 1.49. The largest absolute Gasteiger partial charge is 0.378 e. The minimum atomic E-state index is 0.0606. The Hall–Kier alpha value is -1.72. The van der Waals surface area contributed by atoms with Gasteiger partial charge in [-0.05, 0) is 24.8 Å². The third kappa shape index (κ3) is 3.52. The van der Waals surface area contributed by atoms with Crippen molar-refractivity contribution < 1.29 is 9.53 Å². The van der Waals surface area contributed by atoms with E-state index in [-0.39, 0.29) is 11.9 Å². The number of aromatic nitrogens is 1. The predicted molar refractivity (Wildman–Crippen MR) is 96.4 cm³/mol. The molecule has 1 aromatic heterocycles. The predicted octanol–water partition coefficient (Wildman–Crippen LogP) is 4.09. The Bertz CT molecular complexity index is 671. The molecule has 2 aromatic rings. The zero-order valence-corrected chi connectivity index (χ0v) is 15.1. The normalized spacial score (nSPS) is 18.8. The van der Waals surface area contributed by atoms with Crippen molar-refractivity contribution >= 4 is 17.2 Å². The molecule has 1 amide bonds. The van der Waals surface area contributed by atoms with Crippen LogP contribution in [0.25, 0.3) is 0 Å². The third-order valence-corrected chi connectivity index (χ3v) is 5.55. The molecular formula is C19H24N2O2S. The van der Waals surface area contributed by atoms with Crippen molar-refractivity contribution in [2.75, 3.05) is 13.7 Å². The van der Waals surface area contributed by atoms with Gasteiger partial charge in [-0.2, -0.15) is 0 Å². The van der Waals surface area contributed by atoms with Gasteiger partial charge >= 0.3 is 0 Å². The Morgan fingerprint density at radius 1 is 1.42 bits per heavy atom. The molecule has 1 aliphatic heterocycles. The standard InChI is InChI=1S/C19H24N2O2S/c1-3-15(14-8-5-4-6-9-14)17-10-7-11-21(17)19(22)16-13-24-18(20-16)12-23-2/h4-6,8-9,13,15,17H,3,7,10-12H2,1-2H3/t15-,17+/m1/s1.